The van der Waals surface area contributed by atoms with Crippen molar-refractivity contribution in [3.8, 4) is 0 Å². The van der Waals surface area contributed by atoms with Crippen LogP contribution in [0.15, 0.2) is 48.9 Å². The van der Waals surface area contributed by atoms with Gasteiger partial charge in [0.15, 0.2) is 0 Å². The van der Waals surface area contributed by atoms with Gasteiger partial charge in [-0.05, 0) is 19.4 Å². The third kappa shape index (κ3) is 2.73. The van der Waals surface area contributed by atoms with Crippen molar-refractivity contribution in [3.05, 3.63) is 71.6 Å². The second kappa shape index (κ2) is 6.20. The Morgan fingerprint density at radius 3 is 2.80 bits per heavy atom. The van der Waals surface area contributed by atoms with Gasteiger partial charge in [0, 0.05) is 31.7 Å². The average Bonchev–Trinajstić information content (AvgIpc) is 3.26. The number of hydrogen-bond donors (Lipinski definition) is 0. The maximum atomic E-state index is 13.3. The number of rotatable bonds is 3. The zero-order chi connectivity index (χ0) is 17.4. The van der Waals surface area contributed by atoms with E-state index in [0.717, 1.165) is 23.6 Å². The number of fused-ring (bicyclic) bond motifs is 1. The standard InChI is InChI=1S/C19H21N5O/c1-3-23-11-16(14(2)21-23)19(25)24-13-18-20-9-10-22(18)12-17(24)15-7-5-4-6-8-15/h4-11,17H,3,12-13H2,1-2H3/t17-/m0/s1. The topological polar surface area (TPSA) is 56.0 Å². The van der Waals surface area contributed by atoms with Crippen molar-refractivity contribution in [2.75, 3.05) is 0 Å². The summed E-state index contributed by atoms with van der Waals surface area (Å²) in [6.45, 7) is 5.88. The largest absolute Gasteiger partial charge is 0.331 e. The predicted octanol–water partition coefficient (Wildman–Crippen LogP) is 2.81. The van der Waals surface area contributed by atoms with Crippen molar-refractivity contribution < 1.29 is 4.79 Å². The van der Waals surface area contributed by atoms with Gasteiger partial charge in [-0.25, -0.2) is 4.98 Å². The summed E-state index contributed by atoms with van der Waals surface area (Å²) in [4.78, 5) is 19.6. The molecule has 1 aliphatic heterocycles. The Bertz CT molecular complexity index is 896. The average molecular weight is 335 g/mol. The Morgan fingerprint density at radius 2 is 2.08 bits per heavy atom. The highest BCUT2D eigenvalue weighted by atomic mass is 16.2. The highest BCUT2D eigenvalue weighted by Gasteiger charge is 2.33. The number of aryl methyl sites for hydroxylation is 2. The molecule has 0 bridgehead atoms. The van der Waals surface area contributed by atoms with Crippen molar-refractivity contribution in [1.29, 1.82) is 0 Å². The summed E-state index contributed by atoms with van der Waals surface area (Å²) >= 11 is 0. The van der Waals surface area contributed by atoms with E-state index in [1.807, 2.05) is 54.0 Å². The first kappa shape index (κ1) is 15.6. The molecule has 25 heavy (non-hydrogen) atoms. The first-order valence-electron chi connectivity index (χ1n) is 8.57. The van der Waals surface area contributed by atoms with Crippen LogP contribution >= 0.6 is 0 Å². The number of amides is 1. The summed E-state index contributed by atoms with van der Waals surface area (Å²) in [5.41, 5.74) is 2.58. The lowest BCUT2D eigenvalue weighted by molar-refractivity contribution is 0.0583. The molecule has 1 amide bonds. The minimum Gasteiger partial charge on any atom is -0.331 e. The lowest BCUT2D eigenvalue weighted by Crippen LogP contribution is -2.41. The van der Waals surface area contributed by atoms with Gasteiger partial charge in [-0.15, -0.1) is 0 Å². The van der Waals surface area contributed by atoms with Crippen molar-refractivity contribution in [3.63, 3.8) is 0 Å². The van der Waals surface area contributed by atoms with Crippen molar-refractivity contribution in [1.82, 2.24) is 24.2 Å². The highest BCUT2D eigenvalue weighted by Crippen LogP contribution is 2.30. The van der Waals surface area contributed by atoms with Crippen LogP contribution in [0.1, 0.15) is 40.4 Å². The van der Waals surface area contributed by atoms with Gasteiger partial charge < -0.3 is 9.47 Å². The smallest absolute Gasteiger partial charge is 0.258 e. The van der Waals surface area contributed by atoms with Gasteiger partial charge in [0.2, 0.25) is 0 Å². The summed E-state index contributed by atoms with van der Waals surface area (Å²) < 4.78 is 3.94. The van der Waals surface area contributed by atoms with E-state index in [-0.39, 0.29) is 11.9 Å². The van der Waals surface area contributed by atoms with Gasteiger partial charge in [-0.1, -0.05) is 30.3 Å². The van der Waals surface area contributed by atoms with E-state index >= 15 is 0 Å². The zero-order valence-corrected chi connectivity index (χ0v) is 14.5. The fourth-order valence-electron chi connectivity index (χ4n) is 3.42. The van der Waals surface area contributed by atoms with Gasteiger partial charge in [-0.3, -0.25) is 9.48 Å². The van der Waals surface area contributed by atoms with E-state index in [1.54, 1.807) is 6.20 Å². The van der Waals surface area contributed by atoms with Gasteiger partial charge in [0.05, 0.1) is 23.8 Å². The quantitative estimate of drug-likeness (QED) is 0.739. The molecule has 0 aliphatic carbocycles. The second-order valence-corrected chi connectivity index (χ2v) is 6.34. The molecule has 0 spiro atoms. The molecule has 1 aromatic carbocycles. The second-order valence-electron chi connectivity index (χ2n) is 6.34. The summed E-state index contributed by atoms with van der Waals surface area (Å²) in [5, 5.41) is 4.43. The maximum Gasteiger partial charge on any atom is 0.258 e. The van der Waals surface area contributed by atoms with Crippen LogP contribution in [-0.2, 0) is 19.6 Å². The first-order valence-corrected chi connectivity index (χ1v) is 8.57. The molecule has 6 heteroatoms. The van der Waals surface area contributed by atoms with Crippen molar-refractivity contribution >= 4 is 5.91 Å². The molecule has 0 N–H and O–H groups in total. The molecule has 0 radical (unpaired) electrons. The number of carbonyl (C=O) groups is 1. The molecule has 3 heterocycles. The normalized spacial score (nSPS) is 16.7. The molecule has 1 aliphatic rings. The molecule has 128 valence electrons. The first-order chi connectivity index (χ1) is 12.2. The van der Waals surface area contributed by atoms with Crippen LogP contribution in [0.25, 0.3) is 0 Å². The Labute approximate surface area is 146 Å². The predicted molar refractivity (Wildman–Crippen MR) is 93.9 cm³/mol. The number of hydrogen-bond acceptors (Lipinski definition) is 3. The lowest BCUT2D eigenvalue weighted by Gasteiger charge is -2.36. The molecule has 0 saturated heterocycles. The molecule has 4 rings (SSSR count). The third-order valence-electron chi connectivity index (χ3n) is 4.81. The van der Waals surface area contributed by atoms with Crippen LogP contribution < -0.4 is 0 Å². The molecular weight excluding hydrogens is 314 g/mol. The number of imidazole rings is 1. The number of nitrogens with zero attached hydrogens (tertiary/aromatic N) is 5. The Hall–Kier alpha value is -2.89. The molecule has 0 unspecified atom stereocenters. The van der Waals surface area contributed by atoms with Crippen LogP contribution in [0.3, 0.4) is 0 Å². The Morgan fingerprint density at radius 1 is 1.28 bits per heavy atom. The molecule has 0 fully saturated rings. The fraction of sp³-hybridized carbons (Fsp3) is 0.316. The van der Waals surface area contributed by atoms with Crippen molar-refractivity contribution in [2.45, 2.75) is 39.5 Å². The van der Waals surface area contributed by atoms with E-state index in [1.165, 1.54) is 0 Å². The van der Waals surface area contributed by atoms with Crippen LogP contribution in [0.2, 0.25) is 0 Å². The van der Waals surface area contributed by atoms with Crippen LogP contribution in [-0.4, -0.2) is 30.1 Å². The molecule has 3 aromatic rings. The van der Waals surface area contributed by atoms with E-state index < -0.39 is 0 Å². The maximum absolute atomic E-state index is 13.3. The monoisotopic (exact) mass is 335 g/mol. The third-order valence-corrected chi connectivity index (χ3v) is 4.81. The summed E-state index contributed by atoms with van der Waals surface area (Å²) in [5.74, 6) is 0.932. The summed E-state index contributed by atoms with van der Waals surface area (Å²) in [6, 6.07) is 10.2. The van der Waals surface area contributed by atoms with E-state index in [4.69, 9.17) is 0 Å². The zero-order valence-electron chi connectivity index (χ0n) is 14.5. The molecule has 6 nitrogen and oxygen atoms in total. The highest BCUT2D eigenvalue weighted by molar-refractivity contribution is 5.95. The molecular formula is C19H21N5O. The van der Waals surface area contributed by atoms with Crippen molar-refractivity contribution in [2.24, 2.45) is 0 Å². The Balaban J connectivity index is 1.74. The summed E-state index contributed by atoms with van der Waals surface area (Å²) in [6.07, 6.45) is 5.62. The lowest BCUT2D eigenvalue weighted by atomic mass is 10.0. The molecule has 1 atom stereocenters. The molecule has 0 saturated carbocycles. The van der Waals surface area contributed by atoms with Gasteiger partial charge in [0.25, 0.3) is 5.91 Å². The molecule has 2 aromatic heterocycles. The van der Waals surface area contributed by atoms with Crippen LogP contribution in [0.5, 0.6) is 0 Å². The minimum atomic E-state index is -0.0141. The van der Waals surface area contributed by atoms with Gasteiger partial charge in [-0.2, -0.15) is 5.10 Å². The number of aromatic nitrogens is 4. The summed E-state index contributed by atoms with van der Waals surface area (Å²) in [7, 11) is 0. The minimum absolute atomic E-state index is 0.0141. The van der Waals surface area contributed by atoms with Crippen LogP contribution in [0, 0.1) is 6.92 Å². The van der Waals surface area contributed by atoms with E-state index in [2.05, 4.69) is 26.8 Å². The van der Waals surface area contributed by atoms with E-state index in [0.29, 0.717) is 18.7 Å². The number of benzene rings is 1. The fourth-order valence-corrected chi connectivity index (χ4v) is 3.42. The van der Waals surface area contributed by atoms with Gasteiger partial charge in [0.1, 0.15) is 5.82 Å². The Kier molecular flexibility index (Phi) is 3.87. The van der Waals surface area contributed by atoms with E-state index in [9.17, 15) is 4.79 Å². The number of carbonyl (C=O) groups excluding carboxylic acids is 1. The van der Waals surface area contributed by atoms with Gasteiger partial charge >= 0.3 is 0 Å². The SMILES string of the molecule is CCn1cc(C(=O)N2Cc3nccn3C[C@H]2c2ccccc2)c(C)n1. The van der Waals surface area contributed by atoms with Crippen LogP contribution in [0.4, 0.5) is 0 Å².